The maximum absolute atomic E-state index is 12.7. The van der Waals surface area contributed by atoms with E-state index in [9.17, 15) is 13.2 Å². The van der Waals surface area contributed by atoms with E-state index in [2.05, 4.69) is 10.0 Å². The summed E-state index contributed by atoms with van der Waals surface area (Å²) < 4.78 is 28.1. The summed E-state index contributed by atoms with van der Waals surface area (Å²) in [4.78, 5) is 12.1. The zero-order valence-electron chi connectivity index (χ0n) is 15.2. The zero-order valence-corrected chi connectivity index (χ0v) is 16.1. The van der Waals surface area contributed by atoms with Gasteiger partial charge >= 0.3 is 0 Å². The average Bonchev–Trinajstić information content (AvgIpc) is 2.54. The van der Waals surface area contributed by atoms with Gasteiger partial charge in [-0.3, -0.25) is 9.52 Å². The lowest BCUT2D eigenvalue weighted by atomic mass is 10.2. The van der Waals surface area contributed by atoms with Crippen LogP contribution in [0.25, 0.3) is 0 Å². The summed E-state index contributed by atoms with van der Waals surface area (Å²) in [7, 11) is -3.77. The van der Waals surface area contributed by atoms with Gasteiger partial charge in [0.1, 0.15) is 0 Å². The highest BCUT2D eigenvalue weighted by Gasteiger charge is 2.18. The first-order chi connectivity index (χ1) is 12.2. The molecule has 0 heterocycles. The van der Waals surface area contributed by atoms with Crippen LogP contribution in [0.4, 0.5) is 11.4 Å². The number of benzene rings is 2. The molecule has 0 saturated heterocycles. The van der Waals surface area contributed by atoms with Crippen LogP contribution in [0.15, 0.2) is 47.4 Å². The molecular weight excluding hydrogens is 350 g/mol. The average molecular weight is 375 g/mol. The molecule has 1 atom stereocenters. The minimum absolute atomic E-state index is 0.0618. The number of sulfonamides is 1. The number of hydrogen-bond donors (Lipinski definition) is 3. The Morgan fingerprint density at radius 2 is 1.85 bits per heavy atom. The van der Waals surface area contributed by atoms with Crippen LogP contribution >= 0.6 is 0 Å². The zero-order chi connectivity index (χ0) is 19.3. The Balaban J connectivity index is 2.21. The third-order valence-electron chi connectivity index (χ3n) is 3.86. The smallest absolute Gasteiger partial charge is 0.262 e. The van der Waals surface area contributed by atoms with E-state index < -0.39 is 10.0 Å². The monoisotopic (exact) mass is 375 g/mol. The van der Waals surface area contributed by atoms with Crippen molar-refractivity contribution in [3.8, 4) is 0 Å². The van der Waals surface area contributed by atoms with Crippen molar-refractivity contribution in [1.29, 1.82) is 0 Å². The molecule has 0 aliphatic carbocycles. The van der Waals surface area contributed by atoms with E-state index in [4.69, 9.17) is 5.73 Å². The van der Waals surface area contributed by atoms with Gasteiger partial charge in [-0.05, 0) is 62.6 Å². The number of nitrogens with two attached hydrogens (primary N) is 1. The molecule has 0 radical (unpaired) electrons. The summed E-state index contributed by atoms with van der Waals surface area (Å²) in [5, 5.41) is 2.72. The van der Waals surface area contributed by atoms with Crippen LogP contribution < -0.4 is 15.8 Å². The molecule has 4 N–H and O–H groups in total. The number of hydrogen-bond acceptors (Lipinski definition) is 4. The van der Waals surface area contributed by atoms with Crippen molar-refractivity contribution in [3.05, 3.63) is 53.6 Å². The van der Waals surface area contributed by atoms with Gasteiger partial charge < -0.3 is 11.1 Å². The first-order valence-corrected chi connectivity index (χ1v) is 9.91. The third-order valence-corrected chi connectivity index (χ3v) is 5.38. The van der Waals surface area contributed by atoms with Crippen molar-refractivity contribution in [2.45, 2.75) is 44.6 Å². The van der Waals surface area contributed by atoms with Gasteiger partial charge in [0.25, 0.3) is 10.0 Å². The lowest BCUT2D eigenvalue weighted by molar-refractivity contribution is -0.116. The SMILES string of the molecule is Cc1cccc(NS(=O)(=O)c2cc(NC(=O)CCC(C)N)ccc2C)c1. The van der Waals surface area contributed by atoms with Crippen LogP contribution in [0.3, 0.4) is 0 Å². The summed E-state index contributed by atoms with van der Waals surface area (Å²) in [5.74, 6) is -0.193. The van der Waals surface area contributed by atoms with Crippen molar-refractivity contribution in [2.24, 2.45) is 5.73 Å². The van der Waals surface area contributed by atoms with Crippen molar-refractivity contribution in [3.63, 3.8) is 0 Å². The Kier molecular flexibility index (Phi) is 6.39. The van der Waals surface area contributed by atoms with Gasteiger partial charge in [0.15, 0.2) is 0 Å². The minimum atomic E-state index is -3.77. The van der Waals surface area contributed by atoms with E-state index in [1.807, 2.05) is 19.9 Å². The number of anilines is 2. The number of rotatable bonds is 7. The fourth-order valence-electron chi connectivity index (χ4n) is 2.47. The molecule has 0 fully saturated rings. The van der Waals surface area contributed by atoms with Crippen LogP contribution in [0.2, 0.25) is 0 Å². The number of carbonyl (C=O) groups is 1. The molecule has 0 saturated carbocycles. The van der Waals surface area contributed by atoms with Crippen molar-refractivity contribution >= 4 is 27.3 Å². The molecule has 1 unspecified atom stereocenters. The first kappa shape index (κ1) is 19.9. The largest absolute Gasteiger partial charge is 0.328 e. The van der Waals surface area contributed by atoms with Crippen LogP contribution in [0.1, 0.15) is 30.9 Å². The third kappa shape index (κ3) is 5.57. The fraction of sp³-hybridized carbons (Fsp3) is 0.316. The normalized spacial score (nSPS) is 12.5. The maximum Gasteiger partial charge on any atom is 0.262 e. The first-order valence-electron chi connectivity index (χ1n) is 8.43. The van der Waals surface area contributed by atoms with E-state index in [0.29, 0.717) is 23.4 Å². The van der Waals surface area contributed by atoms with Crippen LogP contribution in [-0.2, 0) is 14.8 Å². The van der Waals surface area contributed by atoms with Crippen molar-refractivity contribution in [2.75, 3.05) is 10.0 Å². The number of nitrogens with one attached hydrogen (secondary N) is 2. The van der Waals surface area contributed by atoms with Crippen LogP contribution in [0.5, 0.6) is 0 Å². The van der Waals surface area contributed by atoms with Gasteiger partial charge in [0, 0.05) is 23.8 Å². The van der Waals surface area contributed by atoms with E-state index in [1.54, 1.807) is 37.3 Å². The van der Waals surface area contributed by atoms with Gasteiger partial charge in [-0.25, -0.2) is 8.42 Å². The quantitative estimate of drug-likeness (QED) is 0.692. The molecule has 1 amide bonds. The van der Waals surface area contributed by atoms with Crippen molar-refractivity contribution < 1.29 is 13.2 Å². The lowest BCUT2D eigenvalue weighted by Crippen LogP contribution is -2.20. The molecule has 26 heavy (non-hydrogen) atoms. The van der Waals surface area contributed by atoms with Gasteiger partial charge in [-0.2, -0.15) is 0 Å². The lowest BCUT2D eigenvalue weighted by Gasteiger charge is -2.13. The molecule has 2 aromatic carbocycles. The Hall–Kier alpha value is -2.38. The minimum Gasteiger partial charge on any atom is -0.328 e. The molecule has 140 valence electrons. The van der Waals surface area contributed by atoms with E-state index in [-0.39, 0.29) is 23.3 Å². The van der Waals surface area contributed by atoms with Crippen LogP contribution in [0, 0.1) is 13.8 Å². The van der Waals surface area contributed by atoms with Gasteiger partial charge in [-0.15, -0.1) is 0 Å². The summed E-state index contributed by atoms with van der Waals surface area (Å²) in [5.41, 5.74) is 8.14. The maximum atomic E-state index is 12.7. The summed E-state index contributed by atoms with van der Waals surface area (Å²) in [6.07, 6.45) is 0.854. The van der Waals surface area contributed by atoms with Gasteiger partial charge in [-0.1, -0.05) is 18.2 Å². The second-order valence-electron chi connectivity index (χ2n) is 6.52. The molecule has 2 aromatic rings. The molecular formula is C19H25N3O3S. The summed E-state index contributed by atoms with van der Waals surface area (Å²) in [6.45, 7) is 5.44. The Morgan fingerprint density at radius 1 is 1.12 bits per heavy atom. The molecule has 0 bridgehead atoms. The molecule has 7 heteroatoms. The highest BCUT2D eigenvalue weighted by Crippen LogP contribution is 2.23. The van der Waals surface area contributed by atoms with E-state index >= 15 is 0 Å². The molecule has 6 nitrogen and oxygen atoms in total. The Bertz CT molecular complexity index is 893. The molecule has 0 aromatic heterocycles. The standard InChI is InChI=1S/C19H25N3O3S/c1-13-5-4-6-17(11-13)22-26(24,25)18-12-16(9-7-14(18)2)21-19(23)10-8-15(3)20/h4-7,9,11-12,15,22H,8,10,20H2,1-3H3,(H,21,23). The number of aryl methyl sites for hydroxylation is 2. The molecule has 0 aliphatic rings. The fourth-order valence-corrected chi connectivity index (χ4v) is 3.79. The molecule has 0 aliphatic heterocycles. The number of amides is 1. The summed E-state index contributed by atoms with van der Waals surface area (Å²) >= 11 is 0. The summed E-state index contributed by atoms with van der Waals surface area (Å²) in [6, 6.07) is 11.9. The highest BCUT2D eigenvalue weighted by atomic mass is 32.2. The second-order valence-corrected chi connectivity index (χ2v) is 8.17. The topological polar surface area (TPSA) is 101 Å². The molecule has 0 spiro atoms. The second kappa shape index (κ2) is 8.33. The Morgan fingerprint density at radius 3 is 2.50 bits per heavy atom. The van der Waals surface area contributed by atoms with Gasteiger partial charge in [0.05, 0.1) is 4.90 Å². The van der Waals surface area contributed by atoms with E-state index in [1.165, 1.54) is 6.07 Å². The highest BCUT2D eigenvalue weighted by molar-refractivity contribution is 7.92. The Labute approximate surface area is 154 Å². The predicted molar refractivity (Wildman–Crippen MR) is 105 cm³/mol. The van der Waals surface area contributed by atoms with Crippen LogP contribution in [-0.4, -0.2) is 20.4 Å². The number of carbonyl (C=O) groups excluding carboxylic acids is 1. The van der Waals surface area contributed by atoms with E-state index in [0.717, 1.165) is 5.56 Å². The van der Waals surface area contributed by atoms with Gasteiger partial charge in [0.2, 0.25) is 5.91 Å². The van der Waals surface area contributed by atoms with Crippen molar-refractivity contribution in [1.82, 2.24) is 0 Å². The predicted octanol–water partition coefficient (Wildman–Crippen LogP) is 3.17. The molecule has 2 rings (SSSR count).